The Morgan fingerprint density at radius 3 is 2.58 bits per heavy atom. The molecule has 0 spiro atoms. The van der Waals surface area contributed by atoms with E-state index >= 15 is 0 Å². The Hall–Kier alpha value is -2.24. The fourth-order valence-electron chi connectivity index (χ4n) is 3.13. The summed E-state index contributed by atoms with van der Waals surface area (Å²) in [4.78, 5) is 23.9. The second-order valence-corrected chi connectivity index (χ2v) is 6.35. The monoisotopic (exact) mass is 332 g/mol. The number of nitrogens with one attached hydrogen (secondary N) is 2. The van der Waals surface area contributed by atoms with Gasteiger partial charge in [-0.3, -0.25) is 9.59 Å². The highest BCUT2D eigenvalue weighted by Gasteiger charge is 2.23. The van der Waals surface area contributed by atoms with E-state index in [1.165, 1.54) is 6.42 Å². The third-order valence-electron chi connectivity index (χ3n) is 4.49. The maximum Gasteiger partial charge on any atom is 0.239 e. The highest BCUT2D eigenvalue weighted by Crippen LogP contribution is 2.30. The Kier molecular flexibility index (Phi) is 5.56. The van der Waals surface area contributed by atoms with Crippen LogP contribution in [0.4, 0.5) is 0 Å². The first-order valence-corrected chi connectivity index (χ1v) is 8.65. The minimum Gasteiger partial charge on any atom is -0.486 e. The summed E-state index contributed by atoms with van der Waals surface area (Å²) in [5.74, 6) is 1.27. The van der Waals surface area contributed by atoms with Crippen molar-refractivity contribution in [3.05, 3.63) is 24.3 Å². The van der Waals surface area contributed by atoms with Gasteiger partial charge in [-0.1, -0.05) is 31.4 Å². The Balaban J connectivity index is 1.36. The summed E-state index contributed by atoms with van der Waals surface area (Å²) in [7, 11) is 0. The summed E-state index contributed by atoms with van der Waals surface area (Å²) in [6, 6.07) is 7.46. The van der Waals surface area contributed by atoms with Crippen molar-refractivity contribution >= 4 is 11.8 Å². The molecule has 130 valence electrons. The average Bonchev–Trinajstić information content (AvgIpc) is 2.65. The molecule has 1 saturated carbocycles. The minimum atomic E-state index is -0.224. The summed E-state index contributed by atoms with van der Waals surface area (Å²) in [6.45, 7) is 0.762. The lowest BCUT2D eigenvalue weighted by Crippen LogP contribution is -2.45. The van der Waals surface area contributed by atoms with Crippen LogP contribution < -0.4 is 20.1 Å². The van der Waals surface area contributed by atoms with Crippen LogP contribution in [0.25, 0.3) is 0 Å². The van der Waals surface area contributed by atoms with E-state index < -0.39 is 0 Å². The first-order chi connectivity index (χ1) is 11.7. The number of carbonyl (C=O) groups excluding carboxylic acids is 2. The third-order valence-corrected chi connectivity index (χ3v) is 4.49. The molecule has 2 N–H and O–H groups in total. The van der Waals surface area contributed by atoms with Gasteiger partial charge in [-0.25, -0.2) is 0 Å². The van der Waals surface area contributed by atoms with Crippen LogP contribution in [0.1, 0.15) is 32.1 Å². The van der Waals surface area contributed by atoms with Gasteiger partial charge in [0.1, 0.15) is 12.7 Å². The molecule has 0 unspecified atom stereocenters. The van der Waals surface area contributed by atoms with Gasteiger partial charge in [-0.2, -0.15) is 0 Å². The Morgan fingerprint density at radius 2 is 1.79 bits per heavy atom. The smallest absolute Gasteiger partial charge is 0.239 e. The number of carbonyl (C=O) groups is 2. The van der Waals surface area contributed by atoms with E-state index in [9.17, 15) is 9.59 Å². The molecule has 1 atom stereocenters. The molecular formula is C18H24N2O4. The molecule has 6 heteroatoms. The van der Waals surface area contributed by atoms with Crippen molar-refractivity contribution < 1.29 is 19.1 Å². The van der Waals surface area contributed by atoms with Crippen molar-refractivity contribution in [1.82, 2.24) is 10.6 Å². The second kappa shape index (κ2) is 8.04. The maximum atomic E-state index is 12.0. The minimum absolute atomic E-state index is 0.00368. The molecule has 0 radical (unpaired) electrons. The SMILES string of the molecule is O=C(CNC(=O)C1CCCCC1)NC[C@@H]1COc2ccccc2O1. The molecule has 0 aromatic heterocycles. The molecule has 3 rings (SSSR count). The number of hydrogen-bond donors (Lipinski definition) is 2. The van der Waals surface area contributed by atoms with E-state index in [1.807, 2.05) is 24.3 Å². The zero-order valence-electron chi connectivity index (χ0n) is 13.8. The van der Waals surface area contributed by atoms with Gasteiger partial charge < -0.3 is 20.1 Å². The van der Waals surface area contributed by atoms with Gasteiger partial charge in [0.15, 0.2) is 11.5 Å². The highest BCUT2D eigenvalue weighted by molar-refractivity contribution is 5.85. The lowest BCUT2D eigenvalue weighted by molar-refractivity contribution is -0.129. The molecule has 1 aliphatic carbocycles. The van der Waals surface area contributed by atoms with Crippen LogP contribution >= 0.6 is 0 Å². The van der Waals surface area contributed by atoms with E-state index in [2.05, 4.69) is 10.6 Å². The predicted molar refractivity (Wildman–Crippen MR) is 88.9 cm³/mol. The van der Waals surface area contributed by atoms with Crippen LogP contribution in [-0.2, 0) is 9.59 Å². The average molecular weight is 332 g/mol. The van der Waals surface area contributed by atoms with Crippen LogP contribution in [0.3, 0.4) is 0 Å². The molecule has 1 heterocycles. The van der Waals surface area contributed by atoms with Gasteiger partial charge in [0.2, 0.25) is 11.8 Å². The summed E-state index contributed by atoms with van der Waals surface area (Å²) in [5.41, 5.74) is 0. The second-order valence-electron chi connectivity index (χ2n) is 6.35. The number of para-hydroxylation sites is 2. The Morgan fingerprint density at radius 1 is 1.04 bits per heavy atom. The molecular weight excluding hydrogens is 308 g/mol. The van der Waals surface area contributed by atoms with Crippen molar-refractivity contribution in [3.63, 3.8) is 0 Å². The van der Waals surface area contributed by atoms with Crippen molar-refractivity contribution in [1.29, 1.82) is 0 Å². The summed E-state index contributed by atoms with van der Waals surface area (Å²) >= 11 is 0. The molecule has 2 aliphatic rings. The Bertz CT molecular complexity index is 584. The lowest BCUT2D eigenvalue weighted by Gasteiger charge is -2.26. The number of amides is 2. The summed E-state index contributed by atoms with van der Waals surface area (Å²) in [6.07, 6.45) is 5.05. The van der Waals surface area contributed by atoms with Crippen molar-refractivity contribution in [2.45, 2.75) is 38.2 Å². The van der Waals surface area contributed by atoms with E-state index in [-0.39, 0.29) is 30.4 Å². The normalized spacial score (nSPS) is 20.2. The third kappa shape index (κ3) is 4.40. The molecule has 1 aromatic rings. The highest BCUT2D eigenvalue weighted by atomic mass is 16.6. The number of hydrogen-bond acceptors (Lipinski definition) is 4. The van der Waals surface area contributed by atoms with Crippen molar-refractivity contribution in [2.75, 3.05) is 19.7 Å². The van der Waals surface area contributed by atoms with Gasteiger partial charge in [-0.05, 0) is 25.0 Å². The standard InChI is InChI=1S/C18H24N2O4/c21-17(11-20-18(22)13-6-2-1-3-7-13)19-10-14-12-23-15-8-4-5-9-16(15)24-14/h4-5,8-9,13-14H,1-3,6-7,10-12H2,(H,19,21)(H,20,22)/t14-/m1/s1. The molecule has 1 aromatic carbocycles. The lowest BCUT2D eigenvalue weighted by atomic mass is 9.89. The van der Waals surface area contributed by atoms with Gasteiger partial charge >= 0.3 is 0 Å². The largest absolute Gasteiger partial charge is 0.486 e. The maximum absolute atomic E-state index is 12.0. The van der Waals surface area contributed by atoms with Crippen LogP contribution in [0.2, 0.25) is 0 Å². The van der Waals surface area contributed by atoms with Crippen LogP contribution in [0.5, 0.6) is 11.5 Å². The zero-order valence-corrected chi connectivity index (χ0v) is 13.8. The predicted octanol–water partition coefficient (Wildman–Crippen LogP) is 1.64. The molecule has 24 heavy (non-hydrogen) atoms. The topological polar surface area (TPSA) is 76.7 Å². The van der Waals surface area contributed by atoms with Gasteiger partial charge in [-0.15, -0.1) is 0 Å². The van der Waals surface area contributed by atoms with Gasteiger partial charge in [0, 0.05) is 5.92 Å². The first-order valence-electron chi connectivity index (χ1n) is 8.65. The number of benzene rings is 1. The molecule has 1 aliphatic heterocycles. The fourth-order valence-corrected chi connectivity index (χ4v) is 3.13. The van der Waals surface area contributed by atoms with Crippen LogP contribution in [0, 0.1) is 5.92 Å². The fraction of sp³-hybridized carbons (Fsp3) is 0.556. The Labute approximate surface area is 141 Å². The van der Waals surface area contributed by atoms with E-state index in [0.29, 0.717) is 18.9 Å². The number of fused-ring (bicyclic) bond motifs is 1. The molecule has 0 saturated heterocycles. The zero-order chi connectivity index (χ0) is 16.8. The van der Waals surface area contributed by atoms with Crippen LogP contribution in [0.15, 0.2) is 24.3 Å². The van der Waals surface area contributed by atoms with Crippen molar-refractivity contribution in [3.8, 4) is 11.5 Å². The molecule has 2 amide bonds. The van der Waals surface area contributed by atoms with E-state index in [4.69, 9.17) is 9.47 Å². The van der Waals surface area contributed by atoms with E-state index in [1.54, 1.807) is 0 Å². The number of ether oxygens (including phenoxy) is 2. The summed E-state index contributed by atoms with van der Waals surface area (Å²) in [5, 5.41) is 5.52. The molecule has 1 fully saturated rings. The van der Waals surface area contributed by atoms with Crippen molar-refractivity contribution in [2.24, 2.45) is 5.92 Å². The molecule has 0 bridgehead atoms. The van der Waals surface area contributed by atoms with Crippen LogP contribution in [-0.4, -0.2) is 37.6 Å². The number of rotatable bonds is 5. The quantitative estimate of drug-likeness (QED) is 0.859. The first kappa shape index (κ1) is 16.6. The van der Waals surface area contributed by atoms with Gasteiger partial charge in [0.05, 0.1) is 13.1 Å². The van der Waals surface area contributed by atoms with E-state index in [0.717, 1.165) is 31.4 Å². The molecule has 6 nitrogen and oxygen atoms in total. The van der Waals surface area contributed by atoms with Gasteiger partial charge in [0.25, 0.3) is 0 Å². The summed E-state index contributed by atoms with van der Waals surface area (Å²) < 4.78 is 11.4.